The van der Waals surface area contributed by atoms with E-state index in [4.69, 9.17) is 45.9 Å². The molecule has 2 aliphatic carbocycles. The summed E-state index contributed by atoms with van der Waals surface area (Å²) in [6.07, 6.45) is 17.8. The zero-order valence-corrected chi connectivity index (χ0v) is 33.5. The van der Waals surface area contributed by atoms with Gasteiger partial charge in [-0.2, -0.15) is 0 Å². The Morgan fingerprint density at radius 3 is 1.43 bits per heavy atom. The quantitative estimate of drug-likeness (QED) is 0.119. The molecule has 54 heavy (non-hydrogen) atoms. The maximum Gasteiger partial charge on any atom is 0.239 e. The molecule has 296 valence electrons. The first-order valence-corrected chi connectivity index (χ1v) is 21.1. The Morgan fingerprint density at radius 1 is 0.685 bits per heavy atom. The first-order valence-electron chi connectivity index (χ1n) is 20.4. The van der Waals surface area contributed by atoms with Crippen LogP contribution in [0.25, 0.3) is 10.4 Å². The van der Waals surface area contributed by atoms with Gasteiger partial charge in [-0.05, 0) is 134 Å². The first kappa shape index (κ1) is 42.3. The topological polar surface area (TPSA) is 167 Å². The van der Waals surface area contributed by atoms with Crippen molar-refractivity contribution in [3.63, 3.8) is 0 Å². The summed E-state index contributed by atoms with van der Waals surface area (Å²) in [5, 5.41) is 5.33. The van der Waals surface area contributed by atoms with Gasteiger partial charge in [0.25, 0.3) is 0 Å². The highest BCUT2D eigenvalue weighted by atomic mass is 35.5. The van der Waals surface area contributed by atoms with E-state index >= 15 is 0 Å². The van der Waals surface area contributed by atoms with E-state index in [2.05, 4.69) is 10.0 Å². The Morgan fingerprint density at radius 2 is 1.06 bits per heavy atom. The van der Waals surface area contributed by atoms with Gasteiger partial charge in [-0.15, -0.1) is 0 Å². The Balaban J connectivity index is 0.000000208. The van der Waals surface area contributed by atoms with Gasteiger partial charge in [0, 0.05) is 47.7 Å². The number of benzene rings is 2. The number of nitrogens with zero attached hydrogens (tertiary/aromatic N) is 5. The van der Waals surface area contributed by atoms with Gasteiger partial charge in [0.2, 0.25) is 11.8 Å². The summed E-state index contributed by atoms with van der Waals surface area (Å²) >= 11 is 11.8. The van der Waals surface area contributed by atoms with E-state index in [1.165, 1.54) is 64.2 Å². The first-order chi connectivity index (χ1) is 26.1. The summed E-state index contributed by atoms with van der Waals surface area (Å²) in [5.74, 6) is 1.41. The third kappa shape index (κ3) is 11.1. The second kappa shape index (κ2) is 20.4. The molecule has 0 radical (unpaired) electrons. The minimum Gasteiger partial charge on any atom is -0.341 e. The fraction of sp³-hybridized carbons (Fsp3) is 0.667. The molecule has 2 saturated carbocycles. The molecule has 0 spiro atoms. The molecular weight excluding hydrogens is 719 g/mol. The van der Waals surface area contributed by atoms with E-state index < -0.39 is 12.1 Å². The summed E-state index contributed by atoms with van der Waals surface area (Å²) in [6.45, 7) is 4.28. The number of hydrogen-bond donors (Lipinski definition) is 3. The van der Waals surface area contributed by atoms with Crippen molar-refractivity contribution < 1.29 is 9.59 Å². The molecule has 4 fully saturated rings. The lowest BCUT2D eigenvalue weighted by Crippen LogP contribution is -2.53. The predicted molar refractivity (Wildman–Crippen MR) is 219 cm³/mol. The summed E-state index contributed by atoms with van der Waals surface area (Å²) < 4.78 is 0. The molecule has 6 N–H and O–H groups in total. The normalized spacial score (nSPS) is 21.6. The van der Waals surface area contributed by atoms with Crippen molar-refractivity contribution >= 4 is 35.0 Å². The van der Waals surface area contributed by atoms with Gasteiger partial charge in [-0.25, -0.2) is 0 Å². The van der Waals surface area contributed by atoms with Crippen LogP contribution < -0.4 is 17.2 Å². The van der Waals surface area contributed by atoms with Crippen molar-refractivity contribution in [1.29, 1.82) is 0 Å². The number of carbonyl (C=O) groups is 2. The smallest absolute Gasteiger partial charge is 0.239 e. The SMILES string of the molecule is NCC1(C2CCCCC2)CCN(C(=O)[C@H](N)Cc2ccc(Cl)cc2)CC1.[N-]=[N+]=NCC1(C2CCCCC2)CCN(C(=O)[C@H](N)Cc2ccc(Cl)cc2)CC1. The van der Waals surface area contributed by atoms with Gasteiger partial charge in [0.1, 0.15) is 0 Å². The molecule has 2 aromatic carbocycles. The van der Waals surface area contributed by atoms with E-state index in [0.29, 0.717) is 48.4 Å². The van der Waals surface area contributed by atoms with E-state index in [9.17, 15) is 9.59 Å². The fourth-order valence-corrected chi connectivity index (χ4v) is 10.1. The molecule has 6 rings (SSSR count). The fourth-order valence-electron chi connectivity index (χ4n) is 9.81. The van der Waals surface area contributed by atoms with Gasteiger partial charge >= 0.3 is 0 Å². The van der Waals surface area contributed by atoms with E-state index in [0.717, 1.165) is 62.4 Å². The Labute approximate surface area is 332 Å². The minimum absolute atomic E-state index is 0.0102. The number of azide groups is 1. The molecule has 2 aliphatic heterocycles. The highest BCUT2D eigenvalue weighted by Gasteiger charge is 2.43. The van der Waals surface area contributed by atoms with Crippen molar-refractivity contribution in [3.05, 3.63) is 80.1 Å². The average Bonchev–Trinajstić information content (AvgIpc) is 3.22. The highest BCUT2D eigenvalue weighted by Crippen LogP contribution is 2.47. The monoisotopic (exact) mass is 780 g/mol. The van der Waals surface area contributed by atoms with E-state index in [-0.39, 0.29) is 22.6 Å². The van der Waals surface area contributed by atoms with Crippen LogP contribution in [-0.4, -0.2) is 73.0 Å². The molecular formula is C42H62Cl2N8O2. The van der Waals surface area contributed by atoms with Crippen LogP contribution in [0.2, 0.25) is 10.0 Å². The third-order valence-electron chi connectivity index (χ3n) is 13.3. The summed E-state index contributed by atoms with van der Waals surface area (Å²) in [7, 11) is 0. The van der Waals surface area contributed by atoms with Crippen molar-refractivity contribution in [3.8, 4) is 0 Å². The number of nitrogens with two attached hydrogens (primary N) is 3. The standard InChI is InChI=1S/C21H30ClN5O.C21H32ClN3O/c22-18-8-6-16(7-9-18)14-19(23)20(28)27-12-10-21(11-13-27,15-25-26-24)17-4-2-1-3-5-17;22-18-8-6-16(7-9-18)14-19(24)20(26)25-12-10-21(15-23,11-13-25)17-4-2-1-3-5-17/h6-9,17,19H,1-5,10-15,23H2;6-9,17,19H,1-5,10-15,23-24H2/t2*19-/m11/s1. The van der Waals surface area contributed by atoms with Gasteiger partial charge < -0.3 is 27.0 Å². The number of halogens is 2. The molecule has 2 saturated heterocycles. The Bertz CT molecular complexity index is 1520. The molecule has 10 nitrogen and oxygen atoms in total. The maximum absolute atomic E-state index is 12.9. The molecule has 0 aromatic heterocycles. The largest absolute Gasteiger partial charge is 0.341 e. The molecule has 2 atom stereocenters. The lowest BCUT2D eigenvalue weighted by atomic mass is 9.64. The Hall–Kier alpha value is -2.85. The second-order valence-electron chi connectivity index (χ2n) is 16.5. The van der Waals surface area contributed by atoms with Crippen molar-refractivity contribution in [1.82, 2.24) is 9.80 Å². The van der Waals surface area contributed by atoms with Crippen LogP contribution in [0, 0.1) is 22.7 Å². The van der Waals surface area contributed by atoms with Crippen LogP contribution >= 0.6 is 23.2 Å². The zero-order chi connectivity index (χ0) is 38.6. The Kier molecular flexibility index (Phi) is 15.9. The second-order valence-corrected chi connectivity index (χ2v) is 17.4. The number of carbonyl (C=O) groups excluding carboxylic acids is 2. The average molecular weight is 782 g/mol. The number of piperidine rings is 2. The molecule has 0 bridgehead atoms. The number of hydrogen-bond acceptors (Lipinski definition) is 6. The molecule has 12 heteroatoms. The third-order valence-corrected chi connectivity index (χ3v) is 13.8. The van der Waals surface area contributed by atoms with Crippen LogP contribution in [0.5, 0.6) is 0 Å². The van der Waals surface area contributed by atoms with Gasteiger partial charge in [-0.1, -0.05) is 91.1 Å². The van der Waals surface area contributed by atoms with E-state index in [1.807, 2.05) is 58.3 Å². The van der Waals surface area contributed by atoms with Crippen LogP contribution in [0.3, 0.4) is 0 Å². The molecule has 2 heterocycles. The number of rotatable bonds is 11. The van der Waals surface area contributed by atoms with Crippen molar-refractivity contribution in [2.45, 2.75) is 115 Å². The maximum atomic E-state index is 12.9. The van der Waals surface area contributed by atoms with Gasteiger partial charge in [-0.3, -0.25) is 9.59 Å². The number of likely N-dealkylation sites (tertiary alicyclic amines) is 2. The zero-order valence-electron chi connectivity index (χ0n) is 32.0. The van der Waals surface area contributed by atoms with Crippen molar-refractivity contribution in [2.24, 2.45) is 45.0 Å². The van der Waals surface area contributed by atoms with Gasteiger partial charge in [0.15, 0.2) is 0 Å². The lowest BCUT2D eigenvalue weighted by Gasteiger charge is -2.47. The molecule has 2 aromatic rings. The van der Waals surface area contributed by atoms with Crippen LogP contribution in [0.15, 0.2) is 53.6 Å². The van der Waals surface area contributed by atoms with Crippen molar-refractivity contribution in [2.75, 3.05) is 39.3 Å². The van der Waals surface area contributed by atoms with Crippen LogP contribution in [0.4, 0.5) is 0 Å². The minimum atomic E-state index is -0.541. The number of amides is 2. The van der Waals surface area contributed by atoms with Crippen LogP contribution in [-0.2, 0) is 22.4 Å². The molecule has 4 aliphatic rings. The van der Waals surface area contributed by atoms with Crippen LogP contribution in [0.1, 0.15) is 101 Å². The highest BCUT2D eigenvalue weighted by molar-refractivity contribution is 6.30. The molecule has 2 amide bonds. The summed E-state index contributed by atoms with van der Waals surface area (Å²) in [5.41, 5.74) is 29.8. The van der Waals surface area contributed by atoms with E-state index in [1.54, 1.807) is 0 Å². The lowest BCUT2D eigenvalue weighted by molar-refractivity contribution is -0.136. The molecule has 0 unspecified atom stereocenters. The summed E-state index contributed by atoms with van der Waals surface area (Å²) in [4.78, 5) is 32.5. The van der Waals surface area contributed by atoms with Gasteiger partial charge in [0.05, 0.1) is 12.1 Å². The summed E-state index contributed by atoms with van der Waals surface area (Å²) in [6, 6.07) is 14.0. The predicted octanol–water partition coefficient (Wildman–Crippen LogP) is 8.07.